The number of carbonyl (C=O) groups is 1. The minimum atomic E-state index is -0.107. The van der Waals surface area contributed by atoms with Crippen molar-refractivity contribution in [3.8, 4) is 5.75 Å². The summed E-state index contributed by atoms with van der Waals surface area (Å²) in [5.74, 6) is 0.575. The summed E-state index contributed by atoms with van der Waals surface area (Å²) >= 11 is 3.20. The van der Waals surface area contributed by atoms with Crippen LogP contribution in [0.25, 0.3) is 10.2 Å². The minimum absolute atomic E-state index is 0.0258. The largest absolute Gasteiger partial charge is 0.484 e. The second kappa shape index (κ2) is 8.94. The zero-order valence-corrected chi connectivity index (χ0v) is 17.3. The number of hydrogen-bond donors (Lipinski definition) is 0. The van der Waals surface area contributed by atoms with Crippen LogP contribution in [-0.2, 0) is 9.53 Å². The van der Waals surface area contributed by atoms with Gasteiger partial charge in [-0.25, -0.2) is 4.98 Å². The van der Waals surface area contributed by atoms with Crippen molar-refractivity contribution in [2.45, 2.75) is 23.8 Å². The molecule has 0 bridgehead atoms. The number of thioether (sulfide) groups is 1. The lowest BCUT2D eigenvalue weighted by molar-refractivity contribution is -0.120. The molecule has 2 heterocycles. The van der Waals surface area contributed by atoms with Gasteiger partial charge in [-0.2, -0.15) is 0 Å². The molecule has 0 aliphatic carbocycles. The van der Waals surface area contributed by atoms with Gasteiger partial charge in [0, 0.05) is 11.5 Å². The number of fused-ring (bicyclic) bond motifs is 1. The number of hydrogen-bond acceptors (Lipinski definition) is 6. The summed E-state index contributed by atoms with van der Waals surface area (Å²) in [6.07, 6.45) is 4.08. The quantitative estimate of drug-likeness (QED) is 0.529. The van der Waals surface area contributed by atoms with Crippen molar-refractivity contribution < 1.29 is 14.3 Å². The number of benzene rings is 2. The van der Waals surface area contributed by atoms with E-state index in [1.165, 1.54) is 11.3 Å². The maximum atomic E-state index is 13.0. The predicted molar refractivity (Wildman–Crippen MR) is 115 cm³/mol. The second-order valence-corrected chi connectivity index (χ2v) is 8.40. The molecule has 5 nitrogen and oxygen atoms in total. The summed E-state index contributed by atoms with van der Waals surface area (Å²) < 4.78 is 12.5. The first-order valence-corrected chi connectivity index (χ1v) is 11.3. The summed E-state index contributed by atoms with van der Waals surface area (Å²) in [7, 11) is 0. The van der Waals surface area contributed by atoms with Crippen molar-refractivity contribution in [1.82, 2.24) is 4.98 Å². The number of aromatic nitrogens is 1. The molecule has 2 aromatic carbocycles. The lowest BCUT2D eigenvalue weighted by Gasteiger charge is -2.23. The topological polar surface area (TPSA) is 51.7 Å². The lowest BCUT2D eigenvalue weighted by atomic mass is 10.2. The van der Waals surface area contributed by atoms with Gasteiger partial charge in [0.05, 0.1) is 22.9 Å². The molecule has 0 radical (unpaired) electrons. The number of anilines is 1. The third-order valence-corrected chi connectivity index (χ3v) is 6.45. The average Bonchev–Trinajstić information content (AvgIpc) is 3.40. The SMILES string of the molecule is CSc1cccc2sc(N(CC3CCCO3)C(=O)COc3ccccc3)nc12. The van der Waals surface area contributed by atoms with E-state index in [0.29, 0.717) is 17.4 Å². The number of ether oxygens (including phenoxy) is 2. The maximum absolute atomic E-state index is 13.0. The van der Waals surface area contributed by atoms with Crippen molar-refractivity contribution >= 4 is 44.4 Å². The van der Waals surface area contributed by atoms with Crippen LogP contribution in [0.4, 0.5) is 5.13 Å². The lowest BCUT2D eigenvalue weighted by Crippen LogP contribution is -2.40. The fraction of sp³-hybridized carbons (Fsp3) is 0.333. The van der Waals surface area contributed by atoms with Gasteiger partial charge in [-0.3, -0.25) is 9.69 Å². The summed E-state index contributed by atoms with van der Waals surface area (Å²) in [4.78, 5) is 20.7. The number of carbonyl (C=O) groups excluding carboxylic acids is 1. The van der Waals surface area contributed by atoms with Crippen LogP contribution in [-0.4, -0.2) is 43.0 Å². The van der Waals surface area contributed by atoms with E-state index in [4.69, 9.17) is 14.5 Å². The molecule has 146 valence electrons. The molecule has 0 saturated carbocycles. The Balaban J connectivity index is 1.58. The van der Waals surface area contributed by atoms with E-state index in [-0.39, 0.29) is 18.6 Å². The molecule has 3 aromatic rings. The van der Waals surface area contributed by atoms with E-state index in [2.05, 4.69) is 6.07 Å². The van der Waals surface area contributed by atoms with Crippen molar-refractivity contribution in [2.24, 2.45) is 0 Å². The highest BCUT2D eigenvalue weighted by molar-refractivity contribution is 7.98. The van der Waals surface area contributed by atoms with Gasteiger partial charge in [-0.05, 0) is 43.4 Å². The zero-order chi connectivity index (χ0) is 19.3. The average molecular weight is 415 g/mol. The molecule has 1 atom stereocenters. The Morgan fingerprint density at radius 3 is 2.89 bits per heavy atom. The molecule has 1 aliphatic rings. The number of nitrogens with zero attached hydrogens (tertiary/aromatic N) is 2. The smallest absolute Gasteiger partial charge is 0.266 e. The molecule has 0 N–H and O–H groups in total. The summed E-state index contributed by atoms with van der Waals surface area (Å²) in [5, 5.41) is 0.702. The Bertz CT molecular complexity index is 939. The molecule has 1 aromatic heterocycles. The highest BCUT2D eigenvalue weighted by Gasteiger charge is 2.26. The van der Waals surface area contributed by atoms with Gasteiger partial charge in [0.25, 0.3) is 5.91 Å². The molecule has 1 fully saturated rings. The first kappa shape index (κ1) is 19.2. The first-order chi connectivity index (χ1) is 13.7. The van der Waals surface area contributed by atoms with Gasteiger partial charge in [0.2, 0.25) is 0 Å². The van der Waals surface area contributed by atoms with Crippen molar-refractivity contribution in [3.05, 3.63) is 48.5 Å². The van der Waals surface area contributed by atoms with Crippen LogP contribution in [0.2, 0.25) is 0 Å². The number of amides is 1. The maximum Gasteiger partial charge on any atom is 0.266 e. The Hall–Kier alpha value is -2.09. The molecule has 0 spiro atoms. The Kier molecular flexibility index (Phi) is 6.14. The van der Waals surface area contributed by atoms with Crippen LogP contribution in [0, 0.1) is 0 Å². The van der Waals surface area contributed by atoms with Gasteiger partial charge >= 0.3 is 0 Å². The Morgan fingerprint density at radius 1 is 1.29 bits per heavy atom. The number of thiazole rings is 1. The molecule has 1 aliphatic heterocycles. The second-order valence-electron chi connectivity index (χ2n) is 6.54. The summed E-state index contributed by atoms with van der Waals surface area (Å²) in [6, 6.07) is 15.5. The van der Waals surface area contributed by atoms with Crippen LogP contribution >= 0.6 is 23.1 Å². The van der Waals surface area contributed by atoms with Crippen LogP contribution in [0.1, 0.15) is 12.8 Å². The van der Waals surface area contributed by atoms with Gasteiger partial charge < -0.3 is 9.47 Å². The molecule has 1 unspecified atom stereocenters. The van der Waals surface area contributed by atoms with Gasteiger partial charge in [-0.1, -0.05) is 35.6 Å². The van der Waals surface area contributed by atoms with Crippen LogP contribution in [0.5, 0.6) is 5.75 Å². The van der Waals surface area contributed by atoms with Crippen molar-refractivity contribution in [2.75, 3.05) is 30.9 Å². The van der Waals surface area contributed by atoms with E-state index in [1.807, 2.05) is 48.7 Å². The van der Waals surface area contributed by atoms with Gasteiger partial charge in [0.15, 0.2) is 11.7 Å². The minimum Gasteiger partial charge on any atom is -0.484 e. The fourth-order valence-corrected chi connectivity index (χ4v) is 4.86. The standard InChI is InChI=1S/C21H22N2O3S2/c1-27-17-10-5-11-18-20(17)22-21(28-18)23(13-16-9-6-12-25-16)19(24)14-26-15-7-3-2-4-8-15/h2-5,7-8,10-11,16H,6,9,12-14H2,1H3. The third kappa shape index (κ3) is 4.32. The molecule has 4 rings (SSSR count). The van der Waals surface area contributed by atoms with Crippen LogP contribution in [0.3, 0.4) is 0 Å². The highest BCUT2D eigenvalue weighted by Crippen LogP contribution is 2.34. The monoisotopic (exact) mass is 414 g/mol. The van der Waals surface area contributed by atoms with Crippen molar-refractivity contribution in [1.29, 1.82) is 0 Å². The van der Waals surface area contributed by atoms with Crippen LogP contribution in [0.15, 0.2) is 53.4 Å². The predicted octanol–water partition coefficient (Wildman–Crippen LogP) is 4.61. The van der Waals surface area contributed by atoms with E-state index in [9.17, 15) is 4.79 Å². The molecule has 7 heteroatoms. The van der Waals surface area contributed by atoms with Gasteiger partial charge in [0.1, 0.15) is 5.75 Å². The first-order valence-electron chi connectivity index (χ1n) is 9.28. The molecule has 28 heavy (non-hydrogen) atoms. The van der Waals surface area contributed by atoms with E-state index < -0.39 is 0 Å². The van der Waals surface area contributed by atoms with E-state index >= 15 is 0 Å². The fourth-order valence-electron chi connectivity index (χ4n) is 3.21. The Labute approximate surface area is 172 Å². The highest BCUT2D eigenvalue weighted by atomic mass is 32.2. The van der Waals surface area contributed by atoms with Crippen LogP contribution < -0.4 is 9.64 Å². The molecular weight excluding hydrogens is 392 g/mol. The number of para-hydroxylation sites is 2. The Morgan fingerprint density at radius 2 is 2.14 bits per heavy atom. The number of rotatable bonds is 7. The summed E-state index contributed by atoms with van der Waals surface area (Å²) in [6.45, 7) is 1.23. The summed E-state index contributed by atoms with van der Waals surface area (Å²) in [5.41, 5.74) is 0.948. The van der Waals surface area contributed by atoms with E-state index in [0.717, 1.165) is 34.6 Å². The molecule has 1 amide bonds. The van der Waals surface area contributed by atoms with Crippen molar-refractivity contribution in [3.63, 3.8) is 0 Å². The third-order valence-electron chi connectivity index (χ3n) is 4.64. The zero-order valence-electron chi connectivity index (χ0n) is 15.7. The molecule has 1 saturated heterocycles. The normalized spacial score (nSPS) is 16.4. The van der Waals surface area contributed by atoms with E-state index in [1.54, 1.807) is 16.7 Å². The molecular formula is C21H22N2O3S2. The van der Waals surface area contributed by atoms with Gasteiger partial charge in [-0.15, -0.1) is 11.8 Å².